The predicted octanol–water partition coefficient (Wildman–Crippen LogP) is 0.277. The van der Waals surface area contributed by atoms with Gasteiger partial charge in [0, 0.05) is 24.5 Å². The average molecular weight is 119 g/mol. The van der Waals surface area contributed by atoms with Crippen LogP contribution in [0.5, 0.6) is 0 Å². The van der Waals surface area contributed by atoms with Crippen molar-refractivity contribution in [1.29, 1.82) is 0 Å². The van der Waals surface area contributed by atoms with E-state index in [0.29, 0.717) is 0 Å². The fourth-order valence-corrected chi connectivity index (χ4v) is 0.978. The van der Waals surface area contributed by atoms with Gasteiger partial charge in [0.15, 0.2) is 0 Å². The van der Waals surface area contributed by atoms with Crippen LogP contribution in [0.3, 0.4) is 0 Å². The Kier molecular flexibility index (Phi) is 0.859. The van der Waals surface area contributed by atoms with Crippen molar-refractivity contribution in [3.8, 4) is 0 Å². The van der Waals surface area contributed by atoms with Crippen LogP contribution in [0.4, 0.5) is 0 Å². The second kappa shape index (κ2) is 1.65. The van der Waals surface area contributed by atoms with Gasteiger partial charge in [-0.25, -0.2) is 0 Å². The summed E-state index contributed by atoms with van der Waals surface area (Å²) >= 11 is 0. The fraction of sp³-hybridized carbons (Fsp3) is 0.143. The Hall–Kier alpha value is -1.18. The molecule has 2 N–H and O–H groups in total. The van der Waals surface area contributed by atoms with E-state index in [1.54, 1.807) is 0 Å². The number of fused-ring (bicyclic) bond motifs is 1. The van der Waals surface area contributed by atoms with Gasteiger partial charge in [0.05, 0.1) is 6.20 Å². The molecule has 0 aliphatic carbocycles. The van der Waals surface area contributed by atoms with Gasteiger partial charge in [0.1, 0.15) is 0 Å². The number of hydrogen-bond donors (Lipinski definition) is 2. The number of rotatable bonds is 0. The van der Waals surface area contributed by atoms with Gasteiger partial charge in [-0.1, -0.05) is 0 Å². The number of dihydropyridines is 1. The highest BCUT2D eigenvalue weighted by atomic mass is 14.9. The van der Waals surface area contributed by atoms with E-state index in [4.69, 9.17) is 0 Å². The van der Waals surface area contributed by atoms with E-state index in [9.17, 15) is 0 Å². The molecule has 0 saturated heterocycles. The normalized spacial score (nSPS) is 21.3. The molecule has 0 spiro atoms. The molecule has 0 amide bonds. The summed E-state index contributed by atoms with van der Waals surface area (Å²) in [4.78, 5) is 0. The first-order chi connectivity index (χ1) is 4.47. The van der Waals surface area contributed by atoms with Crippen molar-refractivity contribution < 1.29 is 0 Å². The van der Waals surface area contributed by atoms with Gasteiger partial charge in [-0.15, -0.1) is 0 Å². The summed E-state index contributed by atoms with van der Waals surface area (Å²) in [7, 11) is 0. The Morgan fingerprint density at radius 1 is 1.56 bits per heavy atom. The highest BCUT2D eigenvalue weighted by Crippen LogP contribution is 2.15. The summed E-state index contributed by atoms with van der Waals surface area (Å²) in [5, 5.41) is 6.02. The fourth-order valence-electron chi connectivity index (χ4n) is 0.978. The summed E-state index contributed by atoms with van der Waals surface area (Å²) in [6.45, 7) is 0.909. The molecule has 0 aromatic rings. The molecule has 0 saturated carbocycles. The van der Waals surface area contributed by atoms with Gasteiger partial charge in [0.2, 0.25) is 0 Å². The monoisotopic (exact) mass is 119 g/mol. The molecule has 9 heavy (non-hydrogen) atoms. The lowest BCUT2D eigenvalue weighted by molar-refractivity contribution is 0.977. The zero-order chi connectivity index (χ0) is 6.10. The van der Waals surface area contributed by atoms with Crippen LogP contribution in [0.1, 0.15) is 0 Å². The maximum atomic E-state index is 3.11. The molecule has 2 heterocycles. The van der Waals surface area contributed by atoms with E-state index in [2.05, 4.69) is 16.8 Å². The summed E-state index contributed by atoms with van der Waals surface area (Å²) in [5.41, 5.74) is 2.46. The Labute approximate surface area is 53.9 Å². The van der Waals surface area contributed by atoms with Gasteiger partial charge >= 0.3 is 0 Å². The first-order valence-electron chi connectivity index (χ1n) is 2.95. The molecule has 2 rings (SSSR count). The lowest BCUT2D eigenvalue weighted by atomic mass is 10.1. The maximum Gasteiger partial charge on any atom is 0.0679 e. The van der Waals surface area contributed by atoms with Crippen LogP contribution >= 0.6 is 0 Å². The van der Waals surface area contributed by atoms with Crippen LogP contribution in [0, 0.1) is 6.20 Å². The topological polar surface area (TPSA) is 24.1 Å². The van der Waals surface area contributed by atoms with Crippen molar-refractivity contribution in [3.63, 3.8) is 0 Å². The van der Waals surface area contributed by atoms with E-state index < -0.39 is 0 Å². The molecular formula is C7H7N2. The standard InChI is InChI=1S/C7H7N2/c1-2-8-4-7-5-9-3-6(1)7/h1-3,8-9H,5H2. The van der Waals surface area contributed by atoms with Crippen LogP contribution in [0.15, 0.2) is 29.6 Å². The molecule has 2 heteroatoms. The minimum absolute atomic E-state index is 0.909. The third-order valence-electron chi connectivity index (χ3n) is 1.45. The highest BCUT2D eigenvalue weighted by molar-refractivity contribution is 5.44. The highest BCUT2D eigenvalue weighted by Gasteiger charge is 2.09. The molecule has 0 aromatic heterocycles. The van der Waals surface area contributed by atoms with Crippen molar-refractivity contribution in [2.75, 3.05) is 6.54 Å². The average Bonchev–Trinajstić information content (AvgIpc) is 2.33. The van der Waals surface area contributed by atoms with E-state index in [1.807, 2.05) is 18.5 Å². The van der Waals surface area contributed by atoms with Gasteiger partial charge in [-0.05, 0) is 11.6 Å². The molecule has 0 bridgehead atoms. The zero-order valence-corrected chi connectivity index (χ0v) is 4.94. The van der Waals surface area contributed by atoms with Crippen LogP contribution in [0.2, 0.25) is 0 Å². The molecule has 1 radical (unpaired) electrons. The van der Waals surface area contributed by atoms with Gasteiger partial charge in [-0.2, -0.15) is 0 Å². The Bertz CT molecular complexity index is 211. The van der Waals surface area contributed by atoms with Crippen LogP contribution in [-0.4, -0.2) is 6.54 Å². The third kappa shape index (κ3) is 0.633. The van der Waals surface area contributed by atoms with Crippen molar-refractivity contribution in [2.45, 2.75) is 0 Å². The molecular weight excluding hydrogens is 112 g/mol. The Morgan fingerprint density at radius 2 is 2.56 bits per heavy atom. The molecule has 2 nitrogen and oxygen atoms in total. The second-order valence-electron chi connectivity index (χ2n) is 2.06. The van der Waals surface area contributed by atoms with Gasteiger partial charge in [-0.3, -0.25) is 0 Å². The third-order valence-corrected chi connectivity index (χ3v) is 1.45. The quantitative estimate of drug-likeness (QED) is 0.478. The molecule has 45 valence electrons. The van der Waals surface area contributed by atoms with Gasteiger partial charge < -0.3 is 10.6 Å². The number of allylic oxidation sites excluding steroid dienone is 1. The van der Waals surface area contributed by atoms with Crippen LogP contribution < -0.4 is 10.6 Å². The first kappa shape index (κ1) is 4.68. The maximum absolute atomic E-state index is 3.11. The summed E-state index contributed by atoms with van der Waals surface area (Å²) in [6.07, 6.45) is 8.94. The van der Waals surface area contributed by atoms with Crippen molar-refractivity contribution >= 4 is 0 Å². The predicted molar refractivity (Wildman–Crippen MR) is 35.1 cm³/mol. The molecule has 0 fully saturated rings. The molecule has 2 aliphatic heterocycles. The Balaban J connectivity index is 2.37. The number of hydrogen-bond acceptors (Lipinski definition) is 2. The summed E-state index contributed by atoms with van der Waals surface area (Å²) < 4.78 is 0. The number of nitrogens with one attached hydrogen (secondary N) is 2. The SMILES string of the molecule is [C]1=C2CNC=C2C=CN1. The Morgan fingerprint density at radius 3 is 3.44 bits per heavy atom. The van der Waals surface area contributed by atoms with E-state index >= 15 is 0 Å². The van der Waals surface area contributed by atoms with E-state index in [0.717, 1.165) is 6.54 Å². The lowest BCUT2D eigenvalue weighted by Gasteiger charge is -2.02. The summed E-state index contributed by atoms with van der Waals surface area (Å²) in [6, 6.07) is 0. The smallest absolute Gasteiger partial charge is 0.0679 e. The largest absolute Gasteiger partial charge is 0.386 e. The first-order valence-corrected chi connectivity index (χ1v) is 2.95. The molecule has 2 aliphatic rings. The van der Waals surface area contributed by atoms with Crippen molar-refractivity contribution in [1.82, 2.24) is 10.6 Å². The molecule has 0 unspecified atom stereocenters. The molecule has 0 aromatic carbocycles. The van der Waals surface area contributed by atoms with Crippen LogP contribution in [0.25, 0.3) is 0 Å². The van der Waals surface area contributed by atoms with E-state index in [1.165, 1.54) is 11.1 Å². The van der Waals surface area contributed by atoms with Crippen LogP contribution in [-0.2, 0) is 0 Å². The van der Waals surface area contributed by atoms with Crippen molar-refractivity contribution in [3.05, 3.63) is 35.8 Å². The lowest BCUT2D eigenvalue weighted by Crippen LogP contribution is -2.06. The van der Waals surface area contributed by atoms with Gasteiger partial charge in [0.25, 0.3) is 0 Å². The second-order valence-corrected chi connectivity index (χ2v) is 2.06. The molecule has 0 atom stereocenters. The summed E-state index contributed by atoms with van der Waals surface area (Å²) in [5.74, 6) is 0. The van der Waals surface area contributed by atoms with E-state index in [-0.39, 0.29) is 0 Å². The van der Waals surface area contributed by atoms with Crippen molar-refractivity contribution in [2.24, 2.45) is 0 Å². The zero-order valence-electron chi connectivity index (χ0n) is 4.94. The minimum atomic E-state index is 0.909. The minimum Gasteiger partial charge on any atom is -0.386 e.